The summed E-state index contributed by atoms with van der Waals surface area (Å²) in [6.45, 7) is 5.60. The highest BCUT2D eigenvalue weighted by Gasteiger charge is 2.32. The predicted molar refractivity (Wildman–Crippen MR) is 492 cm³/mol. The molecule has 0 fully saturated rings. The minimum absolute atomic E-state index is 0.0155. The Morgan fingerprint density at radius 1 is 0.375 bits per heavy atom. The van der Waals surface area contributed by atoms with E-state index in [-0.39, 0.29) is 103 Å². The van der Waals surface area contributed by atoms with E-state index in [4.69, 9.17) is 50.0 Å². The van der Waals surface area contributed by atoms with Crippen LogP contribution in [0.5, 0.6) is 0 Å². The van der Waals surface area contributed by atoms with Crippen LogP contribution in [0.1, 0.15) is 143 Å². The van der Waals surface area contributed by atoms with Crippen molar-refractivity contribution in [2.75, 3.05) is 52.4 Å². The Bertz CT molecular complexity index is 4350. The molecule has 15 atom stereocenters. The van der Waals surface area contributed by atoms with Crippen LogP contribution in [0.3, 0.4) is 0 Å². The van der Waals surface area contributed by atoms with Gasteiger partial charge in [-0.2, -0.15) is 0 Å². The first-order valence-corrected chi connectivity index (χ1v) is 40.9. The van der Waals surface area contributed by atoms with Crippen LogP contribution < -0.4 is 39.3 Å². The number of carboxylic acids is 2. The topological polar surface area (TPSA) is 882 Å². The molecule has 2 aromatic carbocycles. The monoisotopic (exact) mass is 1810 g/mol. The number of rotatable bonds is 62. The first kappa shape index (κ1) is 111. The summed E-state index contributed by atoms with van der Waals surface area (Å²) in [5.41, 5.74) is 30.1. The van der Waals surface area contributed by atoms with Gasteiger partial charge in [0, 0.05) is 25.9 Å². The molecule has 49 nitrogen and oxygen atoms in total. The van der Waals surface area contributed by atoms with Crippen molar-refractivity contribution in [3.8, 4) is 0 Å². The Hall–Kier alpha value is -13.3. The van der Waals surface area contributed by atoms with Crippen molar-refractivity contribution in [3.05, 3.63) is 71.8 Å². The lowest BCUT2D eigenvalue weighted by Gasteiger charge is -2.19. The summed E-state index contributed by atoms with van der Waals surface area (Å²) in [5, 5.41) is 258. The second-order valence-corrected chi connectivity index (χ2v) is 29.6. The number of nitrogens with two attached hydrogens (primary N) is 5. The molecule has 2 rings (SSSR count). The third kappa shape index (κ3) is 45.0. The van der Waals surface area contributed by atoms with Crippen molar-refractivity contribution >= 4 is 124 Å². The number of aliphatic hydroxyl groups excluding tert-OH is 19. The molecule has 712 valence electrons. The predicted octanol–water partition coefficient (Wildman–Crippen LogP) is 4.03. The fourth-order valence-electron chi connectivity index (χ4n) is 11.3. The van der Waals surface area contributed by atoms with E-state index in [1.807, 2.05) is 18.2 Å². The van der Waals surface area contributed by atoms with Crippen LogP contribution in [0.15, 0.2) is 141 Å². The molecule has 0 saturated heterocycles. The number of aliphatic imine (C=N–C) groups is 16. The van der Waals surface area contributed by atoms with Crippen LogP contribution in [0.2, 0.25) is 0 Å². The zero-order chi connectivity index (χ0) is 96.3. The first-order valence-electron chi connectivity index (χ1n) is 40.9. The normalized spacial score (nSPS) is 17.7. The fourth-order valence-corrected chi connectivity index (χ4v) is 11.3. The lowest BCUT2D eigenvalue weighted by molar-refractivity contribution is -0.138. The quantitative estimate of drug-likeness (QED) is 0.0252. The Morgan fingerprint density at radius 3 is 1.17 bits per heavy atom. The van der Waals surface area contributed by atoms with Crippen LogP contribution in [-0.4, -0.2) is 374 Å². The number of aliphatic hydroxyl groups is 19. The molecule has 0 bridgehead atoms. The fraction of sp³-hybridized carbons (Fsp3) is 0.582. The van der Waals surface area contributed by atoms with Crippen molar-refractivity contribution in [3.63, 3.8) is 0 Å². The number of aliphatic carboxylic acids is 2. The molecule has 15 unspecified atom stereocenters. The van der Waals surface area contributed by atoms with Gasteiger partial charge in [0.05, 0.1) is 25.2 Å². The van der Waals surface area contributed by atoms with Crippen molar-refractivity contribution in [2.24, 2.45) is 114 Å². The molecule has 36 N–H and O–H groups in total. The van der Waals surface area contributed by atoms with Gasteiger partial charge < -0.3 is 147 Å². The molecule has 2 aromatic rings. The van der Waals surface area contributed by atoms with Crippen molar-refractivity contribution in [1.29, 1.82) is 16.2 Å². The molecule has 0 heterocycles. The average molecular weight is 1810 g/mol. The maximum Gasteiger partial charge on any atom is 0.306 e. The van der Waals surface area contributed by atoms with E-state index in [2.05, 4.69) is 90.5 Å². The highest BCUT2D eigenvalue weighted by atomic mass is 16.4. The molecule has 0 aliphatic heterocycles. The molecule has 0 saturated carbocycles. The van der Waals surface area contributed by atoms with E-state index >= 15 is 0 Å². The minimum atomic E-state index is -1.87. The van der Waals surface area contributed by atoms with Gasteiger partial charge in [0.1, 0.15) is 86.1 Å². The molecule has 0 radical (unpaired) electrons. The van der Waals surface area contributed by atoms with Gasteiger partial charge in [-0.25, -0.2) is 79.9 Å². The van der Waals surface area contributed by atoms with E-state index in [0.717, 1.165) is 5.56 Å². The van der Waals surface area contributed by atoms with Gasteiger partial charge in [-0.3, -0.25) is 25.8 Å². The Balaban J connectivity index is 2.68. The minimum Gasteiger partial charge on any atom is -0.495 e. The van der Waals surface area contributed by atoms with Gasteiger partial charge in [-0.1, -0.05) is 74.5 Å². The first-order chi connectivity index (χ1) is 60.4. The number of carbonyl (C=O) groups is 2. The number of hydrogen-bond donors (Lipinski definition) is 31. The van der Waals surface area contributed by atoms with Gasteiger partial charge in [0.2, 0.25) is 94.4 Å². The number of unbranched alkanes of at least 4 members (excludes halogenated alkanes) is 2. The highest BCUT2D eigenvalue weighted by molar-refractivity contribution is 5.96. The van der Waals surface area contributed by atoms with Crippen LogP contribution in [0.4, 0.5) is 0 Å². The summed E-state index contributed by atoms with van der Waals surface area (Å²) in [4.78, 5) is 87.6. The molecule has 0 aromatic heterocycles. The number of nitrogens with zero attached hydrogens (tertiary/aromatic N) is 16. The lowest BCUT2D eigenvalue weighted by atomic mass is 10.0. The number of benzene rings is 2. The number of hydrogen-bond acceptors (Lipinski definition) is 26. The zero-order valence-corrected chi connectivity index (χ0v) is 72.2. The lowest BCUT2D eigenvalue weighted by Crippen LogP contribution is -2.34. The van der Waals surface area contributed by atoms with Crippen LogP contribution >= 0.6 is 0 Å². The second kappa shape index (κ2) is 59.6. The van der Waals surface area contributed by atoms with Crippen LogP contribution in [0.25, 0.3) is 0 Å². The molecule has 128 heavy (non-hydrogen) atoms. The van der Waals surface area contributed by atoms with Crippen LogP contribution in [0, 0.1) is 22.1 Å². The van der Waals surface area contributed by atoms with Gasteiger partial charge in [0.15, 0.2) is 29.9 Å². The summed E-state index contributed by atoms with van der Waals surface area (Å²) in [6.07, 6.45) is -2.81. The number of guanidine groups is 2. The summed E-state index contributed by atoms with van der Waals surface area (Å²) in [5.74, 6) is -18.6. The van der Waals surface area contributed by atoms with E-state index in [0.29, 0.717) is 18.4 Å². The van der Waals surface area contributed by atoms with Crippen molar-refractivity contribution in [2.45, 2.75) is 235 Å². The van der Waals surface area contributed by atoms with E-state index in [1.54, 1.807) is 56.3 Å². The molecule has 0 aliphatic carbocycles. The Labute approximate surface area is 738 Å². The zero-order valence-electron chi connectivity index (χ0n) is 72.2. The third-order valence-corrected chi connectivity index (χ3v) is 18.2. The maximum absolute atomic E-state index is 11.8. The van der Waals surface area contributed by atoms with Gasteiger partial charge >= 0.3 is 11.9 Å². The largest absolute Gasteiger partial charge is 0.495 e. The van der Waals surface area contributed by atoms with Gasteiger partial charge in [-0.05, 0) is 141 Å². The van der Waals surface area contributed by atoms with Crippen LogP contribution in [-0.2, 0) is 22.4 Å². The molecule has 0 spiro atoms. The SMILES string of the molecule is CC(C)CC(N=C(O)C(CCCCN)N=C(O)C(CCCNC(=N)N)N=C(O)C(C)N=C(O)C(CO)N=C(O)C(CCCCN)N=C(O)C(CCCNC(=N)N)N=C(O)C(C)N=C(O)CN=C(O)C(N=C(O)C(Cc1ccccc1)N=C(O)CN=C(O)CN=C(O)C(N)Cc1ccccc1)C(C)O)C(O)=NC(C)C(O)=NC(CC(=O)O)C(O)=NC(CCC(=O)O)C(=N)O. The smallest absolute Gasteiger partial charge is 0.306 e. The summed E-state index contributed by atoms with van der Waals surface area (Å²) < 4.78 is 0. The summed E-state index contributed by atoms with van der Waals surface area (Å²) >= 11 is 0. The van der Waals surface area contributed by atoms with Gasteiger partial charge in [-0.15, -0.1) is 0 Å². The van der Waals surface area contributed by atoms with Crippen molar-refractivity contribution < 1.29 is 117 Å². The Kier molecular flexibility index (Phi) is 51.6. The van der Waals surface area contributed by atoms with Crippen molar-refractivity contribution in [1.82, 2.24) is 10.6 Å². The number of carboxylic acid groups (broad SMARTS) is 2. The maximum atomic E-state index is 11.8. The number of nitrogens with one attached hydrogen (secondary N) is 5. The average Bonchev–Trinajstić information content (AvgIpc) is 0.848. The molecule has 0 amide bonds. The van der Waals surface area contributed by atoms with E-state index in [9.17, 15) is 112 Å². The Morgan fingerprint density at radius 2 is 0.742 bits per heavy atom. The van der Waals surface area contributed by atoms with E-state index in [1.165, 1.54) is 27.7 Å². The second-order valence-electron chi connectivity index (χ2n) is 29.6. The third-order valence-electron chi connectivity index (χ3n) is 18.2. The van der Waals surface area contributed by atoms with E-state index < -0.39 is 260 Å². The summed E-state index contributed by atoms with van der Waals surface area (Å²) in [7, 11) is 0. The standard InChI is InChI=1S/C79H128N26O23/c1-41(2)33-54(73(124)94-44(5)67(118)102-56(36-62(113)114)74(125)97-49(64(83)115)27-28-61(111)112)103-71(122)50(23-13-15-29-80)100-70(121)53(26-18-32-89-79(86)87)99-66(117)43(4)95-76(127)57(40-106)104-72(123)51(24-14-16-30-81)101-69(120)52(25-17-31-88-78(84)85)98-65(116)42(3)93-59(109)39-92-77(128)63(45(6)107)105-75(126)55(35-47-21-11-8-12-22-47)96-60(110)38-90-58(108)37-91-68(119)48(82)34-46-19-9-7-10-20-46/h7-12,19-22,41-45,48-57,63,106-107H,13-18,23-40,80-82H2,1-6H3,(H2,83,115)(H,90,108)(H,91,119)(H,92,128)(H,93,109)(H,94,124)(H,95,127)(H,96,110)(H,97,125)(H,98,116)(H,99,117)(H,100,121)(H,101,120)(H,102,118)(H,103,122)(H,104,123)(H,105,126)(H,111,112)(H,113,114)(H4,84,85,88)(H4,86,87,89). The molecular weight excluding hydrogens is 1680 g/mol. The molecule has 0 aliphatic rings. The summed E-state index contributed by atoms with van der Waals surface area (Å²) in [6, 6.07) is -3.77. The molecular formula is C79H128N26O23. The van der Waals surface area contributed by atoms with Gasteiger partial charge in [0.25, 0.3) is 0 Å². The molecule has 49 heteroatoms. The highest BCUT2D eigenvalue weighted by Crippen LogP contribution is 2.20.